The van der Waals surface area contributed by atoms with Crippen LogP contribution in [0.3, 0.4) is 0 Å². The zero-order valence-electron chi connectivity index (χ0n) is 12.5. The van der Waals surface area contributed by atoms with E-state index in [9.17, 15) is 0 Å². The minimum Gasteiger partial charge on any atom is -0.490 e. The average Bonchev–Trinajstić information content (AvgIpc) is 2.42. The second kappa shape index (κ2) is 6.95. The first-order valence-corrected chi connectivity index (χ1v) is 7.70. The molecule has 0 saturated heterocycles. The monoisotopic (exact) mass is 261 g/mol. The summed E-state index contributed by atoms with van der Waals surface area (Å²) in [6.07, 6.45) is 5.59. The van der Waals surface area contributed by atoms with Gasteiger partial charge in [-0.25, -0.2) is 0 Å². The molecule has 0 bridgehead atoms. The van der Waals surface area contributed by atoms with Gasteiger partial charge in [0.05, 0.1) is 0 Å². The van der Waals surface area contributed by atoms with Crippen LogP contribution in [0.15, 0.2) is 24.3 Å². The minimum atomic E-state index is 0.408. The number of hydrogen-bond acceptors (Lipinski definition) is 2. The smallest absolute Gasteiger partial charge is 0.119 e. The Morgan fingerprint density at radius 1 is 1.21 bits per heavy atom. The van der Waals surface area contributed by atoms with Crippen molar-refractivity contribution in [2.45, 2.75) is 58.6 Å². The SMILES string of the molecule is CCNC(C)c1ccc(OC2CCCCC2C)cc1. The van der Waals surface area contributed by atoms with Gasteiger partial charge in [0.1, 0.15) is 11.9 Å². The molecule has 2 nitrogen and oxygen atoms in total. The Morgan fingerprint density at radius 3 is 2.53 bits per heavy atom. The highest BCUT2D eigenvalue weighted by Crippen LogP contribution is 2.28. The molecule has 2 rings (SSSR count). The van der Waals surface area contributed by atoms with Gasteiger partial charge in [0.2, 0.25) is 0 Å². The standard InChI is InChI=1S/C17H27NO/c1-4-18-14(3)15-9-11-16(12-10-15)19-17-8-6-5-7-13(17)2/h9-14,17-18H,4-8H2,1-3H3. The molecule has 3 atom stereocenters. The topological polar surface area (TPSA) is 21.3 Å². The van der Waals surface area contributed by atoms with Crippen molar-refractivity contribution in [1.82, 2.24) is 5.32 Å². The predicted octanol–water partition coefficient (Wildman–Crippen LogP) is 4.31. The zero-order valence-corrected chi connectivity index (χ0v) is 12.5. The van der Waals surface area contributed by atoms with Crippen LogP contribution in [0.1, 0.15) is 58.1 Å². The first-order valence-electron chi connectivity index (χ1n) is 7.70. The molecule has 106 valence electrons. The van der Waals surface area contributed by atoms with E-state index in [2.05, 4.69) is 50.4 Å². The Balaban J connectivity index is 1.94. The molecule has 1 N–H and O–H groups in total. The molecule has 1 fully saturated rings. The highest BCUT2D eigenvalue weighted by atomic mass is 16.5. The van der Waals surface area contributed by atoms with Crippen LogP contribution < -0.4 is 10.1 Å². The van der Waals surface area contributed by atoms with Crippen LogP contribution in [0, 0.1) is 5.92 Å². The van der Waals surface area contributed by atoms with Crippen LogP contribution in [0.4, 0.5) is 0 Å². The van der Waals surface area contributed by atoms with Crippen molar-refractivity contribution < 1.29 is 4.74 Å². The molecule has 0 aliphatic heterocycles. The molecule has 0 radical (unpaired) electrons. The minimum absolute atomic E-state index is 0.408. The van der Waals surface area contributed by atoms with E-state index in [1.165, 1.54) is 31.2 Å². The molecule has 0 heterocycles. The van der Waals surface area contributed by atoms with E-state index in [4.69, 9.17) is 4.74 Å². The quantitative estimate of drug-likeness (QED) is 0.852. The first-order chi connectivity index (χ1) is 9.20. The van der Waals surface area contributed by atoms with Crippen molar-refractivity contribution >= 4 is 0 Å². The van der Waals surface area contributed by atoms with E-state index < -0.39 is 0 Å². The maximum Gasteiger partial charge on any atom is 0.119 e. The van der Waals surface area contributed by atoms with Crippen LogP contribution in [-0.4, -0.2) is 12.6 Å². The maximum atomic E-state index is 6.14. The van der Waals surface area contributed by atoms with Crippen molar-refractivity contribution in [3.05, 3.63) is 29.8 Å². The summed E-state index contributed by atoms with van der Waals surface area (Å²) < 4.78 is 6.14. The first kappa shape index (κ1) is 14.4. The van der Waals surface area contributed by atoms with Gasteiger partial charge in [-0.15, -0.1) is 0 Å². The molecule has 0 spiro atoms. The normalized spacial score (nSPS) is 25.0. The Labute approximate surface area is 117 Å². The summed E-state index contributed by atoms with van der Waals surface area (Å²) in [5.74, 6) is 1.71. The van der Waals surface area contributed by atoms with Crippen molar-refractivity contribution in [2.75, 3.05) is 6.54 Å². The van der Waals surface area contributed by atoms with E-state index in [0.717, 1.165) is 12.3 Å². The van der Waals surface area contributed by atoms with Gasteiger partial charge in [0.25, 0.3) is 0 Å². The molecule has 0 amide bonds. The largest absolute Gasteiger partial charge is 0.490 e. The van der Waals surface area contributed by atoms with E-state index in [0.29, 0.717) is 18.1 Å². The Kier molecular flexibility index (Phi) is 5.26. The molecule has 0 aromatic heterocycles. The lowest BCUT2D eigenvalue weighted by molar-refractivity contribution is 0.102. The van der Waals surface area contributed by atoms with Crippen LogP contribution in [0.25, 0.3) is 0 Å². The molecule has 1 aliphatic rings. The Hall–Kier alpha value is -1.02. The van der Waals surface area contributed by atoms with Gasteiger partial charge in [-0.3, -0.25) is 0 Å². The summed E-state index contributed by atoms with van der Waals surface area (Å²) >= 11 is 0. The van der Waals surface area contributed by atoms with E-state index >= 15 is 0 Å². The summed E-state index contributed by atoms with van der Waals surface area (Å²) in [5.41, 5.74) is 1.32. The van der Waals surface area contributed by atoms with Crippen LogP contribution in [-0.2, 0) is 0 Å². The number of ether oxygens (including phenoxy) is 1. The highest BCUT2D eigenvalue weighted by Gasteiger charge is 2.22. The van der Waals surface area contributed by atoms with Gasteiger partial charge in [-0.05, 0) is 56.3 Å². The molecular formula is C17H27NO. The van der Waals surface area contributed by atoms with Gasteiger partial charge < -0.3 is 10.1 Å². The fourth-order valence-corrected chi connectivity index (χ4v) is 2.89. The number of benzene rings is 1. The van der Waals surface area contributed by atoms with Gasteiger partial charge in [0, 0.05) is 6.04 Å². The Bertz CT molecular complexity index is 373. The lowest BCUT2D eigenvalue weighted by Crippen LogP contribution is -2.28. The third-order valence-corrected chi connectivity index (χ3v) is 4.21. The fraction of sp³-hybridized carbons (Fsp3) is 0.647. The zero-order chi connectivity index (χ0) is 13.7. The summed E-state index contributed by atoms with van der Waals surface area (Å²) in [5, 5.41) is 3.43. The predicted molar refractivity (Wildman–Crippen MR) is 80.6 cm³/mol. The lowest BCUT2D eigenvalue weighted by Gasteiger charge is -2.29. The number of hydrogen-bond donors (Lipinski definition) is 1. The molecule has 1 aliphatic carbocycles. The average molecular weight is 261 g/mol. The second-order valence-corrected chi connectivity index (χ2v) is 5.77. The van der Waals surface area contributed by atoms with E-state index in [1.807, 2.05) is 0 Å². The summed E-state index contributed by atoms with van der Waals surface area (Å²) in [6.45, 7) is 7.64. The Morgan fingerprint density at radius 2 is 1.89 bits per heavy atom. The third kappa shape index (κ3) is 3.97. The molecule has 19 heavy (non-hydrogen) atoms. The van der Waals surface area contributed by atoms with Crippen molar-refractivity contribution in [2.24, 2.45) is 5.92 Å². The number of nitrogens with one attached hydrogen (secondary N) is 1. The van der Waals surface area contributed by atoms with E-state index in [1.54, 1.807) is 0 Å². The molecule has 1 aromatic carbocycles. The molecule has 2 heteroatoms. The van der Waals surface area contributed by atoms with Crippen LogP contribution >= 0.6 is 0 Å². The summed E-state index contributed by atoms with van der Waals surface area (Å²) in [6, 6.07) is 8.99. The molecule has 3 unspecified atom stereocenters. The van der Waals surface area contributed by atoms with Gasteiger partial charge in [-0.1, -0.05) is 32.4 Å². The van der Waals surface area contributed by atoms with Crippen molar-refractivity contribution in [3.8, 4) is 5.75 Å². The van der Waals surface area contributed by atoms with Crippen LogP contribution in [0.5, 0.6) is 5.75 Å². The van der Waals surface area contributed by atoms with Crippen LogP contribution in [0.2, 0.25) is 0 Å². The second-order valence-electron chi connectivity index (χ2n) is 5.77. The van der Waals surface area contributed by atoms with Gasteiger partial charge in [0.15, 0.2) is 0 Å². The molecular weight excluding hydrogens is 234 g/mol. The van der Waals surface area contributed by atoms with Crippen molar-refractivity contribution in [3.63, 3.8) is 0 Å². The summed E-state index contributed by atoms with van der Waals surface area (Å²) in [7, 11) is 0. The van der Waals surface area contributed by atoms with Gasteiger partial charge in [-0.2, -0.15) is 0 Å². The number of rotatable bonds is 5. The molecule has 1 saturated carbocycles. The summed E-state index contributed by atoms with van der Waals surface area (Å²) in [4.78, 5) is 0. The van der Waals surface area contributed by atoms with Gasteiger partial charge >= 0.3 is 0 Å². The van der Waals surface area contributed by atoms with E-state index in [-0.39, 0.29) is 0 Å². The molecule has 1 aromatic rings. The fourth-order valence-electron chi connectivity index (χ4n) is 2.89. The maximum absolute atomic E-state index is 6.14. The van der Waals surface area contributed by atoms with Crippen molar-refractivity contribution in [1.29, 1.82) is 0 Å². The lowest BCUT2D eigenvalue weighted by atomic mass is 9.88. The highest BCUT2D eigenvalue weighted by molar-refractivity contribution is 5.29. The third-order valence-electron chi connectivity index (χ3n) is 4.21.